The number of hydrogen-bond donors (Lipinski definition) is 1. The van der Waals surface area contributed by atoms with E-state index in [4.69, 9.17) is 0 Å². The fourth-order valence-electron chi connectivity index (χ4n) is 3.25. The van der Waals surface area contributed by atoms with Gasteiger partial charge in [0.2, 0.25) is 0 Å². The molecule has 112 valence electrons. The first-order valence-corrected chi connectivity index (χ1v) is 7.85. The highest BCUT2D eigenvalue weighted by molar-refractivity contribution is 5.27. The number of benzene rings is 1. The van der Waals surface area contributed by atoms with Crippen LogP contribution in [0.4, 0.5) is 0 Å². The largest absolute Gasteiger partial charge is 0.307 e. The zero-order valence-electron chi connectivity index (χ0n) is 13.4. The molecular formula is C18H25N3. The first-order valence-electron chi connectivity index (χ1n) is 7.85. The van der Waals surface area contributed by atoms with E-state index in [9.17, 15) is 0 Å². The second kappa shape index (κ2) is 5.64. The van der Waals surface area contributed by atoms with Crippen molar-refractivity contribution in [2.24, 2.45) is 7.05 Å². The summed E-state index contributed by atoms with van der Waals surface area (Å²) in [5, 5.41) is 8.08. The van der Waals surface area contributed by atoms with Crippen LogP contribution in [0.2, 0.25) is 0 Å². The topological polar surface area (TPSA) is 29.9 Å². The van der Waals surface area contributed by atoms with Crippen LogP contribution in [0.1, 0.15) is 54.1 Å². The van der Waals surface area contributed by atoms with Gasteiger partial charge in [0.05, 0.1) is 6.20 Å². The van der Waals surface area contributed by atoms with Crippen molar-refractivity contribution in [2.45, 2.75) is 51.6 Å². The number of hydrogen-bond acceptors (Lipinski definition) is 2. The van der Waals surface area contributed by atoms with Gasteiger partial charge in [-0.3, -0.25) is 4.68 Å². The first-order chi connectivity index (χ1) is 10.0. The lowest BCUT2D eigenvalue weighted by molar-refractivity contribution is 0.270. The molecule has 1 heterocycles. The third-order valence-corrected chi connectivity index (χ3v) is 4.91. The summed E-state index contributed by atoms with van der Waals surface area (Å²) in [5.74, 6) is 0.727. The van der Waals surface area contributed by atoms with Crippen LogP contribution in [0.5, 0.6) is 0 Å². The Balaban J connectivity index is 1.55. The van der Waals surface area contributed by atoms with Crippen LogP contribution >= 0.6 is 0 Å². The van der Waals surface area contributed by atoms with Crippen molar-refractivity contribution in [3.05, 3.63) is 52.8 Å². The third-order valence-electron chi connectivity index (χ3n) is 4.91. The van der Waals surface area contributed by atoms with Gasteiger partial charge in [-0.05, 0) is 45.1 Å². The Morgan fingerprint density at radius 2 is 1.86 bits per heavy atom. The van der Waals surface area contributed by atoms with Gasteiger partial charge in [-0.15, -0.1) is 0 Å². The summed E-state index contributed by atoms with van der Waals surface area (Å²) in [6.45, 7) is 6.52. The highest BCUT2D eigenvalue weighted by Gasteiger charge is 2.31. The molecule has 0 bridgehead atoms. The number of nitrogens with one attached hydrogen (secondary N) is 1. The standard InChI is InChI=1S/C18H25N3/c1-12-5-7-15(8-6-12)16-9-17(10-16)20-13(2)18-11-19-21(4)14(18)3/h5-8,11,13,16-17,20H,9-10H2,1-4H3. The van der Waals surface area contributed by atoms with Gasteiger partial charge < -0.3 is 5.32 Å². The minimum absolute atomic E-state index is 0.377. The van der Waals surface area contributed by atoms with Crippen molar-refractivity contribution < 1.29 is 0 Å². The Labute approximate surface area is 127 Å². The predicted molar refractivity (Wildman–Crippen MR) is 86.4 cm³/mol. The van der Waals surface area contributed by atoms with Gasteiger partial charge >= 0.3 is 0 Å². The molecule has 0 radical (unpaired) electrons. The molecule has 1 aliphatic carbocycles. The summed E-state index contributed by atoms with van der Waals surface area (Å²) < 4.78 is 1.95. The summed E-state index contributed by atoms with van der Waals surface area (Å²) in [7, 11) is 2.00. The summed E-state index contributed by atoms with van der Waals surface area (Å²) in [4.78, 5) is 0. The van der Waals surface area contributed by atoms with Crippen LogP contribution in [0.15, 0.2) is 30.5 Å². The Morgan fingerprint density at radius 1 is 1.19 bits per heavy atom. The highest BCUT2D eigenvalue weighted by Crippen LogP contribution is 2.38. The number of nitrogens with zero attached hydrogens (tertiary/aromatic N) is 2. The molecule has 0 spiro atoms. The zero-order chi connectivity index (χ0) is 15.0. The average molecular weight is 283 g/mol. The van der Waals surface area contributed by atoms with Crippen molar-refractivity contribution in [1.29, 1.82) is 0 Å². The Hall–Kier alpha value is -1.61. The van der Waals surface area contributed by atoms with Crippen LogP contribution in [0, 0.1) is 13.8 Å². The van der Waals surface area contributed by atoms with Crippen LogP contribution in [-0.4, -0.2) is 15.8 Å². The second-order valence-electron chi connectivity index (χ2n) is 6.47. The predicted octanol–water partition coefficient (Wildman–Crippen LogP) is 3.63. The summed E-state index contributed by atoms with van der Waals surface area (Å²) in [6.07, 6.45) is 4.47. The van der Waals surface area contributed by atoms with Gasteiger partial charge in [0.1, 0.15) is 0 Å². The smallest absolute Gasteiger partial charge is 0.0540 e. The first kappa shape index (κ1) is 14.3. The number of aryl methyl sites for hydroxylation is 2. The Kier molecular flexibility index (Phi) is 3.85. The maximum atomic E-state index is 4.34. The molecule has 1 N–H and O–H groups in total. The maximum Gasteiger partial charge on any atom is 0.0540 e. The number of aromatic nitrogens is 2. The molecule has 1 aliphatic rings. The van der Waals surface area contributed by atoms with E-state index in [1.165, 1.54) is 35.2 Å². The van der Waals surface area contributed by atoms with E-state index in [0.29, 0.717) is 12.1 Å². The third kappa shape index (κ3) is 2.88. The second-order valence-corrected chi connectivity index (χ2v) is 6.47. The Morgan fingerprint density at radius 3 is 2.43 bits per heavy atom. The SMILES string of the molecule is Cc1ccc(C2CC(NC(C)c3cnn(C)c3C)C2)cc1. The summed E-state index contributed by atoms with van der Waals surface area (Å²) >= 11 is 0. The molecule has 0 amide bonds. The van der Waals surface area contributed by atoms with Gasteiger partial charge in [0, 0.05) is 30.4 Å². The van der Waals surface area contributed by atoms with Gasteiger partial charge in [0.25, 0.3) is 0 Å². The maximum absolute atomic E-state index is 4.34. The van der Waals surface area contributed by atoms with Crippen LogP contribution in [0.25, 0.3) is 0 Å². The quantitative estimate of drug-likeness (QED) is 0.928. The lowest BCUT2D eigenvalue weighted by Crippen LogP contribution is -2.41. The van der Waals surface area contributed by atoms with E-state index in [0.717, 1.165) is 5.92 Å². The van der Waals surface area contributed by atoms with Crippen LogP contribution in [-0.2, 0) is 7.05 Å². The van der Waals surface area contributed by atoms with Crippen LogP contribution < -0.4 is 5.32 Å². The van der Waals surface area contributed by atoms with Gasteiger partial charge in [0.15, 0.2) is 0 Å². The van der Waals surface area contributed by atoms with Crippen molar-refractivity contribution in [3.63, 3.8) is 0 Å². The van der Waals surface area contributed by atoms with Crippen molar-refractivity contribution in [1.82, 2.24) is 15.1 Å². The van der Waals surface area contributed by atoms with Gasteiger partial charge in [-0.1, -0.05) is 29.8 Å². The van der Waals surface area contributed by atoms with E-state index in [1.807, 2.05) is 17.9 Å². The molecule has 1 unspecified atom stereocenters. The molecule has 0 aliphatic heterocycles. The molecular weight excluding hydrogens is 258 g/mol. The molecule has 1 aromatic heterocycles. The summed E-state index contributed by atoms with van der Waals surface area (Å²) in [6, 6.07) is 10.0. The number of rotatable bonds is 4. The lowest BCUT2D eigenvalue weighted by Gasteiger charge is -2.38. The molecule has 1 fully saturated rings. The van der Waals surface area contributed by atoms with E-state index < -0.39 is 0 Å². The fraction of sp³-hybridized carbons (Fsp3) is 0.500. The van der Waals surface area contributed by atoms with Crippen molar-refractivity contribution >= 4 is 0 Å². The average Bonchev–Trinajstić information content (AvgIpc) is 2.75. The molecule has 3 heteroatoms. The molecule has 2 aromatic rings. The molecule has 3 rings (SSSR count). The molecule has 21 heavy (non-hydrogen) atoms. The minimum Gasteiger partial charge on any atom is -0.307 e. The van der Waals surface area contributed by atoms with E-state index in [-0.39, 0.29) is 0 Å². The molecule has 3 nitrogen and oxygen atoms in total. The van der Waals surface area contributed by atoms with E-state index >= 15 is 0 Å². The zero-order valence-corrected chi connectivity index (χ0v) is 13.4. The van der Waals surface area contributed by atoms with Crippen LogP contribution in [0.3, 0.4) is 0 Å². The van der Waals surface area contributed by atoms with Crippen molar-refractivity contribution in [2.75, 3.05) is 0 Å². The minimum atomic E-state index is 0.377. The molecule has 0 saturated heterocycles. The highest BCUT2D eigenvalue weighted by atomic mass is 15.3. The Bertz CT molecular complexity index is 606. The molecule has 1 aromatic carbocycles. The summed E-state index contributed by atoms with van der Waals surface area (Å²) in [5.41, 5.74) is 5.40. The lowest BCUT2D eigenvalue weighted by atomic mass is 9.75. The van der Waals surface area contributed by atoms with E-state index in [1.54, 1.807) is 0 Å². The van der Waals surface area contributed by atoms with Gasteiger partial charge in [-0.2, -0.15) is 5.10 Å². The van der Waals surface area contributed by atoms with Gasteiger partial charge in [-0.25, -0.2) is 0 Å². The van der Waals surface area contributed by atoms with E-state index in [2.05, 4.69) is 55.5 Å². The van der Waals surface area contributed by atoms with Crippen molar-refractivity contribution in [3.8, 4) is 0 Å². The molecule has 1 atom stereocenters. The molecule has 1 saturated carbocycles. The monoisotopic (exact) mass is 283 g/mol. The fourth-order valence-corrected chi connectivity index (χ4v) is 3.25. The normalized spacial score (nSPS) is 22.9.